The van der Waals surface area contributed by atoms with Gasteiger partial charge in [-0.1, -0.05) is 42.5 Å². The second-order valence-corrected chi connectivity index (χ2v) is 9.09. The molecule has 3 heterocycles. The molecule has 0 saturated heterocycles. The van der Waals surface area contributed by atoms with Gasteiger partial charge in [0.05, 0.1) is 28.9 Å². The van der Waals surface area contributed by atoms with Gasteiger partial charge in [0.25, 0.3) is 11.5 Å². The lowest BCUT2D eigenvalue weighted by atomic mass is 9.94. The van der Waals surface area contributed by atoms with Crippen LogP contribution >= 0.6 is 0 Å². The van der Waals surface area contributed by atoms with Crippen LogP contribution in [0.2, 0.25) is 0 Å². The molecule has 8 nitrogen and oxygen atoms in total. The molecule has 1 fully saturated rings. The molecular formula is C26H24N4O4. The first kappa shape index (κ1) is 20.7. The number of anilines is 1. The molecule has 3 aromatic rings. The zero-order valence-electron chi connectivity index (χ0n) is 18.6. The van der Waals surface area contributed by atoms with E-state index in [0.29, 0.717) is 30.0 Å². The molecule has 2 amide bonds. The van der Waals surface area contributed by atoms with Crippen molar-refractivity contribution in [3.8, 4) is 5.75 Å². The zero-order chi connectivity index (χ0) is 23.3. The molecule has 8 heteroatoms. The number of ether oxygens (including phenoxy) is 1. The van der Waals surface area contributed by atoms with Crippen molar-refractivity contribution < 1.29 is 14.3 Å². The number of aromatic amines is 1. The summed E-state index contributed by atoms with van der Waals surface area (Å²) in [4.78, 5) is 49.6. The first-order valence-electron chi connectivity index (χ1n) is 11.5. The number of H-pyrrole nitrogens is 1. The van der Waals surface area contributed by atoms with Crippen LogP contribution in [0.5, 0.6) is 5.75 Å². The third-order valence-electron chi connectivity index (χ3n) is 7.05. The molecule has 1 N–H and O–H groups in total. The molecule has 0 spiro atoms. The number of hydrogen-bond acceptors (Lipinski definition) is 5. The van der Waals surface area contributed by atoms with Crippen LogP contribution in [0.3, 0.4) is 0 Å². The Morgan fingerprint density at radius 2 is 1.82 bits per heavy atom. The minimum Gasteiger partial charge on any atom is -0.482 e. The van der Waals surface area contributed by atoms with Crippen molar-refractivity contribution in [2.24, 2.45) is 0 Å². The Labute approximate surface area is 196 Å². The van der Waals surface area contributed by atoms with Crippen molar-refractivity contribution in [3.63, 3.8) is 0 Å². The Kier molecular flexibility index (Phi) is 4.76. The van der Waals surface area contributed by atoms with Gasteiger partial charge in [-0.25, -0.2) is 4.98 Å². The number of carbonyl (C=O) groups excluding carboxylic acids is 2. The first-order chi connectivity index (χ1) is 16.5. The number of fused-ring (bicyclic) bond motifs is 2. The molecule has 0 radical (unpaired) electrons. The molecule has 172 valence electrons. The molecule has 0 atom stereocenters. The Balaban J connectivity index is 1.23. The number of rotatable bonds is 4. The summed E-state index contributed by atoms with van der Waals surface area (Å²) in [6.45, 7) is 0.466. The molecule has 1 aliphatic carbocycles. The normalized spacial score (nSPS) is 18.1. The van der Waals surface area contributed by atoms with Gasteiger partial charge in [-0.15, -0.1) is 0 Å². The van der Waals surface area contributed by atoms with E-state index in [2.05, 4.69) is 17.1 Å². The molecule has 2 aliphatic heterocycles. The number of aromatic nitrogens is 2. The lowest BCUT2D eigenvalue weighted by Crippen LogP contribution is -2.48. The van der Waals surface area contributed by atoms with Crippen molar-refractivity contribution in [2.75, 3.05) is 24.6 Å². The van der Waals surface area contributed by atoms with Crippen molar-refractivity contribution in [3.05, 3.63) is 87.6 Å². The fourth-order valence-corrected chi connectivity index (χ4v) is 4.97. The number of nitrogens with zero attached hydrogens (tertiary/aromatic N) is 3. The zero-order valence-corrected chi connectivity index (χ0v) is 18.6. The van der Waals surface area contributed by atoms with Gasteiger partial charge in [-0.05, 0) is 30.5 Å². The van der Waals surface area contributed by atoms with E-state index in [4.69, 9.17) is 9.72 Å². The number of para-hydroxylation sites is 2. The van der Waals surface area contributed by atoms with E-state index in [1.54, 1.807) is 23.1 Å². The van der Waals surface area contributed by atoms with Gasteiger partial charge < -0.3 is 14.6 Å². The topological polar surface area (TPSA) is 95.6 Å². The summed E-state index contributed by atoms with van der Waals surface area (Å²) in [5.41, 5.74) is 2.64. The second kappa shape index (κ2) is 7.83. The van der Waals surface area contributed by atoms with Crippen LogP contribution in [0, 0.1) is 0 Å². The van der Waals surface area contributed by atoms with Crippen LogP contribution in [0.4, 0.5) is 5.69 Å². The summed E-state index contributed by atoms with van der Waals surface area (Å²) in [7, 11) is 0. The highest BCUT2D eigenvalue weighted by Crippen LogP contribution is 2.51. The number of hydrogen-bond donors (Lipinski definition) is 1. The van der Waals surface area contributed by atoms with Gasteiger partial charge in [-0.3, -0.25) is 19.3 Å². The third kappa shape index (κ3) is 3.37. The number of amides is 2. The maximum Gasteiger partial charge on any atom is 0.265 e. The van der Waals surface area contributed by atoms with E-state index in [9.17, 15) is 14.4 Å². The molecule has 1 aromatic heterocycles. The quantitative estimate of drug-likeness (QED) is 0.649. The minimum absolute atomic E-state index is 0.0882. The highest BCUT2D eigenvalue weighted by Gasteiger charge is 2.48. The van der Waals surface area contributed by atoms with Gasteiger partial charge in [0, 0.05) is 13.0 Å². The van der Waals surface area contributed by atoms with Gasteiger partial charge >= 0.3 is 0 Å². The fraction of sp³-hybridized carbons (Fsp3) is 0.308. The van der Waals surface area contributed by atoms with Crippen molar-refractivity contribution in [1.82, 2.24) is 14.9 Å². The molecule has 3 aliphatic rings. The van der Waals surface area contributed by atoms with Crippen LogP contribution in [-0.2, 0) is 28.0 Å². The molecule has 1 saturated carbocycles. The Hall–Kier alpha value is -3.94. The third-order valence-corrected chi connectivity index (χ3v) is 7.05. The standard InChI is InChI=1S/C26H24N4O4/c31-22(15-30-20-8-4-5-9-21(20)34-16-23(30)32)29-13-10-19-18(14-29)24(33)28-25(27-19)26(11-12-26)17-6-2-1-3-7-17/h1-9H,10-16H2,(H,27,28,33). The average molecular weight is 457 g/mol. The van der Waals surface area contributed by atoms with E-state index in [0.717, 1.165) is 24.4 Å². The summed E-state index contributed by atoms with van der Waals surface area (Å²) in [6.07, 6.45) is 2.42. The Morgan fingerprint density at radius 1 is 1.06 bits per heavy atom. The first-order valence-corrected chi connectivity index (χ1v) is 11.5. The molecule has 0 unspecified atom stereocenters. The summed E-state index contributed by atoms with van der Waals surface area (Å²) in [5, 5.41) is 0. The number of benzene rings is 2. The second-order valence-electron chi connectivity index (χ2n) is 9.09. The highest BCUT2D eigenvalue weighted by molar-refractivity contribution is 6.02. The molecule has 0 bridgehead atoms. The maximum absolute atomic E-state index is 13.1. The van der Waals surface area contributed by atoms with Gasteiger partial charge in [-0.2, -0.15) is 0 Å². The van der Waals surface area contributed by atoms with Gasteiger partial charge in [0.1, 0.15) is 18.1 Å². The summed E-state index contributed by atoms with van der Waals surface area (Å²) >= 11 is 0. The summed E-state index contributed by atoms with van der Waals surface area (Å²) in [5.74, 6) is 0.837. The number of carbonyl (C=O) groups is 2. The van der Waals surface area contributed by atoms with Crippen LogP contribution < -0.4 is 15.2 Å². The Bertz CT molecular complexity index is 1350. The Morgan fingerprint density at radius 3 is 2.62 bits per heavy atom. The van der Waals surface area contributed by atoms with Gasteiger partial charge in [0.15, 0.2) is 6.61 Å². The van der Waals surface area contributed by atoms with Crippen LogP contribution in [0.25, 0.3) is 0 Å². The van der Waals surface area contributed by atoms with Crippen LogP contribution in [0.15, 0.2) is 59.4 Å². The lowest BCUT2D eigenvalue weighted by Gasteiger charge is -2.33. The average Bonchev–Trinajstić information content (AvgIpc) is 3.68. The SMILES string of the molecule is O=C(CN1C(=O)COc2ccccc21)N1CCc2nc(C3(c4ccccc4)CC3)[nH]c(=O)c2C1. The molecule has 6 rings (SSSR count). The largest absolute Gasteiger partial charge is 0.482 e. The van der Waals surface area contributed by atoms with E-state index in [-0.39, 0.29) is 42.5 Å². The van der Waals surface area contributed by atoms with Crippen LogP contribution in [-0.4, -0.2) is 46.4 Å². The summed E-state index contributed by atoms with van der Waals surface area (Å²) in [6, 6.07) is 17.3. The fourth-order valence-electron chi connectivity index (χ4n) is 4.97. The predicted octanol–water partition coefficient (Wildman–Crippen LogP) is 2.16. The predicted molar refractivity (Wildman–Crippen MR) is 125 cm³/mol. The smallest absolute Gasteiger partial charge is 0.265 e. The monoisotopic (exact) mass is 456 g/mol. The van der Waals surface area contributed by atoms with E-state index in [1.807, 2.05) is 24.3 Å². The van der Waals surface area contributed by atoms with Crippen molar-refractivity contribution in [2.45, 2.75) is 31.2 Å². The van der Waals surface area contributed by atoms with E-state index >= 15 is 0 Å². The van der Waals surface area contributed by atoms with Gasteiger partial charge in [0.2, 0.25) is 5.91 Å². The van der Waals surface area contributed by atoms with Crippen molar-refractivity contribution >= 4 is 17.5 Å². The van der Waals surface area contributed by atoms with E-state index in [1.165, 1.54) is 10.5 Å². The molecule has 2 aromatic carbocycles. The molecular weight excluding hydrogens is 432 g/mol. The molecule has 34 heavy (non-hydrogen) atoms. The van der Waals surface area contributed by atoms with Crippen molar-refractivity contribution in [1.29, 1.82) is 0 Å². The highest BCUT2D eigenvalue weighted by atomic mass is 16.5. The van der Waals surface area contributed by atoms with Crippen LogP contribution in [0.1, 0.15) is 35.5 Å². The van der Waals surface area contributed by atoms with E-state index < -0.39 is 0 Å². The number of nitrogens with one attached hydrogen (secondary N) is 1. The summed E-state index contributed by atoms with van der Waals surface area (Å²) < 4.78 is 5.46. The minimum atomic E-state index is -0.260. The maximum atomic E-state index is 13.1. The lowest BCUT2D eigenvalue weighted by molar-refractivity contribution is -0.132.